The van der Waals surface area contributed by atoms with E-state index in [0.29, 0.717) is 6.92 Å². The van der Waals surface area contributed by atoms with E-state index in [1.807, 2.05) is 6.92 Å². The smallest absolute Gasteiger partial charge is 0.422 e. The van der Waals surface area contributed by atoms with Gasteiger partial charge in [0.05, 0.1) is 0 Å². The van der Waals surface area contributed by atoms with E-state index in [2.05, 4.69) is 5.32 Å². The number of hydrogen-bond acceptors (Lipinski definition) is 2. The molecule has 1 aliphatic rings. The van der Waals surface area contributed by atoms with E-state index in [1.165, 1.54) is 5.32 Å². The van der Waals surface area contributed by atoms with Crippen molar-refractivity contribution in [3.05, 3.63) is 0 Å². The molecule has 1 fully saturated rings. The lowest BCUT2D eigenvalue weighted by atomic mass is 10.0. The number of urea groups is 1. The van der Waals surface area contributed by atoms with Crippen molar-refractivity contribution in [2.45, 2.75) is 50.9 Å². The standard InChI is InChI=1S/C11H17F3N2O3/c1-3-4-6-5-7(6)15-9(19)16-10(2,8(17)18)11(12,13)14/h6-7H,3-5H2,1-2H3,(H,17,18)(H2,15,16,19). The monoisotopic (exact) mass is 282 g/mol. The van der Waals surface area contributed by atoms with Crippen molar-refractivity contribution in [3.8, 4) is 0 Å². The maximum Gasteiger partial charge on any atom is 0.422 e. The van der Waals surface area contributed by atoms with Crippen LogP contribution in [0.25, 0.3) is 0 Å². The number of alkyl halides is 3. The van der Waals surface area contributed by atoms with Crippen molar-refractivity contribution < 1.29 is 27.9 Å². The molecule has 5 nitrogen and oxygen atoms in total. The molecule has 3 N–H and O–H groups in total. The first-order valence-corrected chi connectivity index (χ1v) is 6.00. The van der Waals surface area contributed by atoms with E-state index in [1.54, 1.807) is 0 Å². The number of halogens is 3. The van der Waals surface area contributed by atoms with Crippen LogP contribution in [0, 0.1) is 5.92 Å². The number of carbonyl (C=O) groups excluding carboxylic acids is 1. The largest absolute Gasteiger partial charge is 0.479 e. The molecule has 3 unspecified atom stereocenters. The molecule has 0 spiro atoms. The number of nitrogens with one attached hydrogen (secondary N) is 2. The lowest BCUT2D eigenvalue weighted by molar-refractivity contribution is -0.203. The first kappa shape index (κ1) is 15.6. The maximum absolute atomic E-state index is 12.6. The van der Waals surface area contributed by atoms with Crippen LogP contribution in [0.5, 0.6) is 0 Å². The minimum Gasteiger partial charge on any atom is -0.479 e. The summed E-state index contributed by atoms with van der Waals surface area (Å²) in [5, 5.41) is 12.5. The van der Waals surface area contributed by atoms with Crippen molar-refractivity contribution in [2.75, 3.05) is 0 Å². The van der Waals surface area contributed by atoms with E-state index >= 15 is 0 Å². The Bertz CT molecular complexity index is 373. The Labute approximate surface area is 108 Å². The lowest BCUT2D eigenvalue weighted by Crippen LogP contribution is -2.63. The predicted molar refractivity (Wildman–Crippen MR) is 60.6 cm³/mol. The molecule has 0 aromatic rings. The topological polar surface area (TPSA) is 78.4 Å². The normalized spacial score (nSPS) is 25.3. The third-order valence-corrected chi connectivity index (χ3v) is 3.26. The van der Waals surface area contributed by atoms with Crippen molar-refractivity contribution >= 4 is 12.0 Å². The summed E-state index contributed by atoms with van der Waals surface area (Å²) in [5.74, 6) is -1.87. The molecule has 2 amide bonds. The molecule has 0 aliphatic heterocycles. The first-order valence-electron chi connectivity index (χ1n) is 6.00. The zero-order valence-corrected chi connectivity index (χ0v) is 10.7. The van der Waals surface area contributed by atoms with Gasteiger partial charge < -0.3 is 15.7 Å². The van der Waals surface area contributed by atoms with Crippen molar-refractivity contribution in [2.24, 2.45) is 5.92 Å². The van der Waals surface area contributed by atoms with Crippen LogP contribution in [0.2, 0.25) is 0 Å². The van der Waals surface area contributed by atoms with Gasteiger partial charge in [-0.05, 0) is 25.7 Å². The van der Waals surface area contributed by atoms with Gasteiger partial charge in [0.15, 0.2) is 0 Å². The van der Waals surface area contributed by atoms with Crippen LogP contribution in [0.3, 0.4) is 0 Å². The van der Waals surface area contributed by atoms with Gasteiger partial charge in [0.1, 0.15) is 0 Å². The Morgan fingerprint density at radius 1 is 1.37 bits per heavy atom. The highest BCUT2D eigenvalue weighted by molar-refractivity contribution is 5.87. The second-order valence-electron chi connectivity index (χ2n) is 4.92. The molecular formula is C11H17F3N2O3. The SMILES string of the molecule is CCCC1CC1NC(=O)NC(C)(C(=O)O)C(F)(F)F. The van der Waals surface area contributed by atoms with Crippen LogP contribution in [0.4, 0.5) is 18.0 Å². The van der Waals surface area contributed by atoms with Gasteiger partial charge in [-0.1, -0.05) is 13.3 Å². The molecule has 19 heavy (non-hydrogen) atoms. The fraction of sp³-hybridized carbons (Fsp3) is 0.818. The van der Waals surface area contributed by atoms with Gasteiger partial charge in [-0.25, -0.2) is 9.59 Å². The Balaban J connectivity index is 2.57. The number of amides is 2. The highest BCUT2D eigenvalue weighted by atomic mass is 19.4. The van der Waals surface area contributed by atoms with Crippen LogP contribution in [-0.2, 0) is 4.79 Å². The second-order valence-corrected chi connectivity index (χ2v) is 4.92. The number of hydrogen-bond donors (Lipinski definition) is 3. The van der Waals surface area contributed by atoms with E-state index in [-0.39, 0.29) is 12.0 Å². The molecule has 8 heteroatoms. The van der Waals surface area contributed by atoms with Crippen LogP contribution >= 0.6 is 0 Å². The van der Waals surface area contributed by atoms with E-state index < -0.39 is 23.7 Å². The number of carboxylic acids is 1. The molecule has 0 bridgehead atoms. The van der Waals surface area contributed by atoms with Gasteiger partial charge in [-0.3, -0.25) is 0 Å². The average molecular weight is 282 g/mol. The van der Waals surface area contributed by atoms with Crippen LogP contribution in [0.1, 0.15) is 33.1 Å². The van der Waals surface area contributed by atoms with E-state index in [9.17, 15) is 22.8 Å². The quantitative estimate of drug-likeness (QED) is 0.720. The zero-order valence-electron chi connectivity index (χ0n) is 10.7. The van der Waals surface area contributed by atoms with Crippen molar-refractivity contribution in [3.63, 3.8) is 0 Å². The summed E-state index contributed by atoms with van der Waals surface area (Å²) in [5.41, 5.74) is -3.29. The molecule has 1 rings (SSSR count). The van der Waals surface area contributed by atoms with Crippen LogP contribution < -0.4 is 10.6 Å². The Hall–Kier alpha value is -1.47. The average Bonchev–Trinajstić information content (AvgIpc) is 2.94. The molecule has 0 aromatic carbocycles. The van der Waals surface area contributed by atoms with Gasteiger partial charge >= 0.3 is 18.2 Å². The van der Waals surface area contributed by atoms with Crippen molar-refractivity contribution in [1.29, 1.82) is 0 Å². The van der Waals surface area contributed by atoms with Gasteiger partial charge in [-0.2, -0.15) is 13.2 Å². The fourth-order valence-corrected chi connectivity index (χ4v) is 1.79. The summed E-state index contributed by atoms with van der Waals surface area (Å²) < 4.78 is 37.9. The Morgan fingerprint density at radius 2 is 1.95 bits per heavy atom. The highest BCUT2D eigenvalue weighted by Gasteiger charge is 2.58. The summed E-state index contributed by atoms with van der Waals surface area (Å²) in [6.07, 6.45) is -2.53. The highest BCUT2D eigenvalue weighted by Crippen LogP contribution is 2.35. The molecule has 0 radical (unpaired) electrons. The molecule has 1 aliphatic carbocycles. The molecule has 110 valence electrons. The molecule has 0 heterocycles. The summed E-state index contributed by atoms with van der Waals surface area (Å²) in [7, 11) is 0. The zero-order chi connectivity index (χ0) is 14.8. The summed E-state index contributed by atoms with van der Waals surface area (Å²) in [4.78, 5) is 22.1. The lowest BCUT2D eigenvalue weighted by Gasteiger charge is -2.28. The first-order chi connectivity index (χ1) is 8.61. The van der Waals surface area contributed by atoms with E-state index in [0.717, 1.165) is 19.3 Å². The minimum absolute atomic E-state index is 0.161. The Kier molecular flexibility index (Phi) is 4.32. The summed E-state index contributed by atoms with van der Waals surface area (Å²) >= 11 is 0. The van der Waals surface area contributed by atoms with Crippen LogP contribution in [-0.4, -0.2) is 34.9 Å². The van der Waals surface area contributed by atoms with Gasteiger partial charge in [-0.15, -0.1) is 0 Å². The third kappa shape index (κ3) is 3.51. The Morgan fingerprint density at radius 3 is 2.37 bits per heavy atom. The number of carbonyl (C=O) groups is 2. The molecule has 0 aromatic heterocycles. The van der Waals surface area contributed by atoms with Crippen molar-refractivity contribution in [1.82, 2.24) is 10.6 Å². The van der Waals surface area contributed by atoms with Gasteiger partial charge in [0.25, 0.3) is 0 Å². The summed E-state index contributed by atoms with van der Waals surface area (Å²) in [6.45, 7) is 2.39. The minimum atomic E-state index is -5.07. The van der Waals surface area contributed by atoms with E-state index in [4.69, 9.17) is 5.11 Å². The number of rotatable bonds is 5. The fourth-order valence-electron chi connectivity index (χ4n) is 1.79. The molecular weight excluding hydrogens is 265 g/mol. The van der Waals surface area contributed by atoms with Crippen LogP contribution in [0.15, 0.2) is 0 Å². The van der Waals surface area contributed by atoms with Gasteiger partial charge in [0, 0.05) is 6.04 Å². The summed E-state index contributed by atoms with van der Waals surface area (Å²) in [6, 6.07) is -1.27. The molecule has 0 saturated heterocycles. The third-order valence-electron chi connectivity index (χ3n) is 3.26. The molecule has 3 atom stereocenters. The molecule has 1 saturated carbocycles. The number of aliphatic carboxylic acids is 1. The number of carboxylic acid groups (broad SMARTS) is 1. The maximum atomic E-state index is 12.6. The second kappa shape index (κ2) is 5.26. The van der Waals surface area contributed by atoms with Gasteiger partial charge in [0.2, 0.25) is 5.54 Å². The predicted octanol–water partition coefficient (Wildman–Crippen LogP) is 1.88.